The first-order valence-corrected chi connectivity index (χ1v) is 5.88. The van der Waals surface area contributed by atoms with E-state index in [1.54, 1.807) is 0 Å². The fourth-order valence-corrected chi connectivity index (χ4v) is 2.56. The summed E-state index contributed by atoms with van der Waals surface area (Å²) in [6.07, 6.45) is 1.95. The van der Waals surface area contributed by atoms with E-state index in [0.717, 1.165) is 12.8 Å². The molecule has 0 aromatic rings. The summed E-state index contributed by atoms with van der Waals surface area (Å²) >= 11 is 0. The predicted molar refractivity (Wildman–Crippen MR) is 61.9 cm³/mol. The summed E-state index contributed by atoms with van der Waals surface area (Å²) in [5.41, 5.74) is -0.383. The summed E-state index contributed by atoms with van der Waals surface area (Å²) in [4.78, 5) is 22.9. The molecule has 1 fully saturated rings. The average Bonchev–Trinajstić information content (AvgIpc) is 2.39. The molecule has 0 radical (unpaired) electrons. The number of carbonyl (C=O) groups excluding carboxylic acids is 2. The first-order valence-electron chi connectivity index (χ1n) is 5.88. The molecule has 1 aliphatic carbocycles. The van der Waals surface area contributed by atoms with Gasteiger partial charge in [-0.3, -0.25) is 9.59 Å². The van der Waals surface area contributed by atoms with E-state index in [1.165, 1.54) is 6.92 Å². The maximum Gasteiger partial charge on any atom is 0.303 e. The van der Waals surface area contributed by atoms with Crippen LogP contribution in [0.2, 0.25) is 0 Å². The van der Waals surface area contributed by atoms with Gasteiger partial charge in [-0.1, -0.05) is 27.7 Å². The van der Waals surface area contributed by atoms with E-state index < -0.39 is 0 Å². The second-order valence-electron chi connectivity index (χ2n) is 5.70. The van der Waals surface area contributed by atoms with Gasteiger partial charge in [-0.05, 0) is 24.2 Å². The van der Waals surface area contributed by atoms with Gasteiger partial charge in [-0.2, -0.15) is 0 Å². The van der Waals surface area contributed by atoms with Crippen molar-refractivity contribution in [3.8, 4) is 0 Å². The zero-order valence-electron chi connectivity index (χ0n) is 10.9. The number of rotatable bonds is 3. The number of ketones is 1. The van der Waals surface area contributed by atoms with E-state index in [9.17, 15) is 9.59 Å². The van der Waals surface area contributed by atoms with E-state index in [2.05, 4.69) is 20.8 Å². The highest BCUT2D eigenvalue weighted by molar-refractivity contribution is 5.88. The molecule has 1 saturated carbocycles. The second kappa shape index (κ2) is 4.19. The summed E-state index contributed by atoms with van der Waals surface area (Å²) < 4.78 is 4.82. The minimum Gasteiger partial charge on any atom is -0.458 e. The molecule has 0 saturated heterocycles. The number of carbonyl (C=O) groups is 2. The largest absolute Gasteiger partial charge is 0.458 e. The Morgan fingerprint density at radius 2 is 1.88 bits per heavy atom. The molecule has 0 heterocycles. The van der Waals surface area contributed by atoms with E-state index >= 15 is 0 Å². The van der Waals surface area contributed by atoms with E-state index in [-0.39, 0.29) is 29.2 Å². The molecular formula is C13H22O3. The number of Topliss-reactive ketones (excluding diaryl/α,β-unsaturated/α-hetero) is 1. The highest BCUT2D eigenvalue weighted by Crippen LogP contribution is 2.56. The Hall–Kier alpha value is -0.860. The van der Waals surface area contributed by atoms with Gasteiger partial charge in [0.05, 0.1) is 0 Å². The van der Waals surface area contributed by atoms with Crippen LogP contribution in [0.25, 0.3) is 0 Å². The Bertz CT molecular complexity index is 306. The van der Waals surface area contributed by atoms with Crippen LogP contribution in [0.3, 0.4) is 0 Å². The molecule has 0 aliphatic heterocycles. The van der Waals surface area contributed by atoms with Crippen LogP contribution in [0.1, 0.15) is 47.5 Å². The molecule has 0 bridgehead atoms. The summed E-state index contributed by atoms with van der Waals surface area (Å²) in [6, 6.07) is 0. The zero-order chi connectivity index (χ0) is 12.6. The predicted octanol–water partition coefficient (Wildman–Crippen LogP) is 2.58. The van der Waals surface area contributed by atoms with Gasteiger partial charge in [-0.15, -0.1) is 0 Å². The van der Waals surface area contributed by atoms with Crippen LogP contribution in [0.4, 0.5) is 0 Å². The first kappa shape index (κ1) is 13.2. The van der Waals surface area contributed by atoms with Crippen LogP contribution >= 0.6 is 0 Å². The van der Waals surface area contributed by atoms with Crippen LogP contribution < -0.4 is 0 Å². The van der Waals surface area contributed by atoms with Crippen molar-refractivity contribution in [1.29, 1.82) is 0 Å². The fraction of sp³-hybridized carbons (Fsp3) is 0.846. The van der Waals surface area contributed by atoms with Crippen LogP contribution in [-0.2, 0) is 14.3 Å². The molecule has 0 N–H and O–H groups in total. The normalized spacial score (nSPS) is 32.4. The van der Waals surface area contributed by atoms with E-state index in [4.69, 9.17) is 4.74 Å². The Kier molecular flexibility index (Phi) is 3.46. The highest BCUT2D eigenvalue weighted by atomic mass is 16.5. The van der Waals surface area contributed by atoms with Crippen LogP contribution in [0, 0.1) is 16.7 Å². The average molecular weight is 226 g/mol. The molecule has 16 heavy (non-hydrogen) atoms. The molecule has 0 amide bonds. The minimum absolute atomic E-state index is 0.0236. The van der Waals surface area contributed by atoms with Gasteiger partial charge in [0.15, 0.2) is 12.4 Å². The van der Waals surface area contributed by atoms with Crippen LogP contribution in [0.5, 0.6) is 0 Å². The van der Waals surface area contributed by atoms with Crippen LogP contribution in [0.15, 0.2) is 0 Å². The molecule has 3 nitrogen and oxygen atoms in total. The van der Waals surface area contributed by atoms with Gasteiger partial charge in [-0.25, -0.2) is 0 Å². The second-order valence-corrected chi connectivity index (χ2v) is 5.70. The number of ether oxygens (including phenoxy) is 1. The third kappa shape index (κ3) is 2.00. The highest BCUT2D eigenvalue weighted by Gasteiger charge is 2.53. The van der Waals surface area contributed by atoms with Crippen molar-refractivity contribution in [2.45, 2.75) is 47.5 Å². The smallest absolute Gasteiger partial charge is 0.303 e. The Morgan fingerprint density at radius 1 is 1.31 bits per heavy atom. The lowest BCUT2D eigenvalue weighted by atomic mass is 9.64. The molecule has 3 heteroatoms. The van der Waals surface area contributed by atoms with Gasteiger partial charge in [0.1, 0.15) is 0 Å². The van der Waals surface area contributed by atoms with Crippen molar-refractivity contribution in [2.75, 3.05) is 6.61 Å². The molecule has 2 atom stereocenters. The van der Waals surface area contributed by atoms with Crippen molar-refractivity contribution >= 4 is 11.8 Å². The standard InChI is InChI=1S/C13H22O3/c1-9-6-7-13(5,12(9,3)4)11(15)8-16-10(2)14/h9H,6-8H2,1-5H3/t9-,13-/m1/s1. The van der Waals surface area contributed by atoms with Gasteiger partial charge in [0.2, 0.25) is 0 Å². The molecule has 0 spiro atoms. The Morgan fingerprint density at radius 3 is 2.25 bits per heavy atom. The molecule has 1 aliphatic rings. The van der Waals surface area contributed by atoms with E-state index in [1.807, 2.05) is 6.92 Å². The Labute approximate surface area is 97.5 Å². The molecule has 0 unspecified atom stereocenters. The summed E-state index contributed by atoms with van der Waals surface area (Å²) in [5.74, 6) is 0.191. The Balaban J connectivity index is 2.78. The molecule has 1 rings (SSSR count). The molecule has 92 valence electrons. The number of esters is 1. The minimum atomic E-state index is -0.388. The van der Waals surface area contributed by atoms with Crippen molar-refractivity contribution in [2.24, 2.45) is 16.7 Å². The van der Waals surface area contributed by atoms with Gasteiger partial charge < -0.3 is 4.74 Å². The summed E-state index contributed by atoms with van der Waals surface area (Å²) in [6.45, 7) is 9.71. The summed E-state index contributed by atoms with van der Waals surface area (Å²) in [7, 11) is 0. The monoisotopic (exact) mass is 226 g/mol. The molecule has 0 aromatic carbocycles. The van der Waals surface area contributed by atoms with Gasteiger partial charge >= 0.3 is 5.97 Å². The quantitative estimate of drug-likeness (QED) is 0.695. The van der Waals surface area contributed by atoms with Crippen molar-refractivity contribution in [3.05, 3.63) is 0 Å². The van der Waals surface area contributed by atoms with Crippen molar-refractivity contribution in [1.82, 2.24) is 0 Å². The van der Waals surface area contributed by atoms with Crippen molar-refractivity contribution in [3.63, 3.8) is 0 Å². The number of hydrogen-bond donors (Lipinski definition) is 0. The fourth-order valence-electron chi connectivity index (χ4n) is 2.56. The van der Waals surface area contributed by atoms with Gasteiger partial charge in [0, 0.05) is 12.3 Å². The lowest BCUT2D eigenvalue weighted by Gasteiger charge is -2.39. The van der Waals surface area contributed by atoms with Gasteiger partial charge in [0.25, 0.3) is 0 Å². The molecule has 0 aromatic heterocycles. The van der Waals surface area contributed by atoms with Crippen molar-refractivity contribution < 1.29 is 14.3 Å². The van der Waals surface area contributed by atoms with E-state index in [0.29, 0.717) is 5.92 Å². The maximum atomic E-state index is 12.2. The first-order chi connectivity index (χ1) is 7.22. The third-order valence-electron chi connectivity index (χ3n) is 4.75. The number of hydrogen-bond acceptors (Lipinski definition) is 3. The summed E-state index contributed by atoms with van der Waals surface area (Å²) in [5, 5.41) is 0. The third-order valence-corrected chi connectivity index (χ3v) is 4.75. The topological polar surface area (TPSA) is 43.4 Å². The zero-order valence-corrected chi connectivity index (χ0v) is 10.9. The maximum absolute atomic E-state index is 12.2. The van der Waals surface area contributed by atoms with Crippen LogP contribution in [-0.4, -0.2) is 18.4 Å². The lowest BCUT2D eigenvalue weighted by molar-refractivity contribution is -0.151. The lowest BCUT2D eigenvalue weighted by Crippen LogP contribution is -2.42. The molecular weight excluding hydrogens is 204 g/mol. The SMILES string of the molecule is CC(=O)OCC(=O)[C@@]1(C)CC[C@@H](C)C1(C)C.